The number of rotatable bonds is 2. The SMILES string of the molecule is Clc1ccccc1C1CNCCC12CCN(C1CC1)C2. The minimum atomic E-state index is 0.457. The van der Waals surface area contributed by atoms with E-state index in [0.29, 0.717) is 11.3 Å². The summed E-state index contributed by atoms with van der Waals surface area (Å²) >= 11 is 6.49. The van der Waals surface area contributed by atoms with E-state index in [1.54, 1.807) is 0 Å². The number of halogens is 1. The summed E-state index contributed by atoms with van der Waals surface area (Å²) in [6.45, 7) is 4.84. The molecular formula is C17H23ClN2. The van der Waals surface area contributed by atoms with Crippen LogP contribution in [0.15, 0.2) is 24.3 Å². The van der Waals surface area contributed by atoms with Crippen LogP contribution in [0.25, 0.3) is 0 Å². The maximum Gasteiger partial charge on any atom is 0.0441 e. The van der Waals surface area contributed by atoms with Gasteiger partial charge in [0.05, 0.1) is 0 Å². The topological polar surface area (TPSA) is 15.3 Å². The van der Waals surface area contributed by atoms with Crippen LogP contribution in [0.1, 0.15) is 37.2 Å². The van der Waals surface area contributed by atoms with Gasteiger partial charge in [0.1, 0.15) is 0 Å². The summed E-state index contributed by atoms with van der Waals surface area (Å²) in [6.07, 6.45) is 5.49. The first-order valence-corrected chi connectivity index (χ1v) is 8.35. The maximum atomic E-state index is 6.49. The minimum absolute atomic E-state index is 0.457. The summed E-state index contributed by atoms with van der Waals surface area (Å²) in [4.78, 5) is 2.75. The summed E-state index contributed by atoms with van der Waals surface area (Å²) < 4.78 is 0. The highest BCUT2D eigenvalue weighted by atomic mass is 35.5. The first-order valence-electron chi connectivity index (χ1n) is 7.98. The smallest absolute Gasteiger partial charge is 0.0441 e. The summed E-state index contributed by atoms with van der Waals surface area (Å²) in [6, 6.07) is 9.36. The average Bonchev–Trinajstić information content (AvgIpc) is 3.24. The Bertz CT molecular complexity index is 500. The largest absolute Gasteiger partial charge is 0.316 e. The van der Waals surface area contributed by atoms with Gasteiger partial charge in [-0.1, -0.05) is 29.8 Å². The van der Waals surface area contributed by atoms with E-state index in [-0.39, 0.29) is 0 Å². The minimum Gasteiger partial charge on any atom is -0.316 e. The predicted molar refractivity (Wildman–Crippen MR) is 83.3 cm³/mol. The van der Waals surface area contributed by atoms with E-state index in [1.807, 2.05) is 12.1 Å². The van der Waals surface area contributed by atoms with E-state index < -0.39 is 0 Å². The number of benzene rings is 1. The van der Waals surface area contributed by atoms with Crippen molar-refractivity contribution in [1.82, 2.24) is 10.2 Å². The third-order valence-electron chi connectivity index (χ3n) is 5.65. The molecule has 2 saturated heterocycles. The molecule has 1 aromatic rings. The molecule has 3 aliphatic rings. The monoisotopic (exact) mass is 290 g/mol. The molecule has 2 unspecified atom stereocenters. The molecular weight excluding hydrogens is 268 g/mol. The summed E-state index contributed by atoms with van der Waals surface area (Å²) in [7, 11) is 0. The Balaban J connectivity index is 1.64. The number of likely N-dealkylation sites (tertiary alicyclic amines) is 1. The fourth-order valence-electron chi connectivity index (χ4n) is 4.34. The highest BCUT2D eigenvalue weighted by Crippen LogP contribution is 2.50. The third-order valence-corrected chi connectivity index (χ3v) is 5.99. The lowest BCUT2D eigenvalue weighted by Gasteiger charge is -2.42. The van der Waals surface area contributed by atoms with Gasteiger partial charge in [-0.3, -0.25) is 4.90 Å². The summed E-state index contributed by atoms with van der Waals surface area (Å²) in [5.74, 6) is 0.577. The van der Waals surface area contributed by atoms with Crippen LogP contribution in [0.5, 0.6) is 0 Å². The van der Waals surface area contributed by atoms with Gasteiger partial charge in [-0.15, -0.1) is 0 Å². The zero-order valence-electron chi connectivity index (χ0n) is 11.9. The van der Waals surface area contributed by atoms with Crippen LogP contribution in [0, 0.1) is 5.41 Å². The Morgan fingerprint density at radius 1 is 1.20 bits per heavy atom. The standard InChI is InChI=1S/C17H23ClN2/c18-16-4-2-1-3-14(16)15-11-19-9-7-17(15)8-10-20(12-17)13-5-6-13/h1-4,13,15,19H,5-12H2. The van der Waals surface area contributed by atoms with Crippen molar-refractivity contribution in [2.45, 2.75) is 37.6 Å². The molecule has 1 spiro atoms. The molecule has 0 aromatic heterocycles. The van der Waals surface area contributed by atoms with Gasteiger partial charge in [0.2, 0.25) is 0 Å². The number of nitrogens with zero attached hydrogens (tertiary/aromatic N) is 1. The Kier molecular flexibility index (Phi) is 3.29. The number of nitrogens with one attached hydrogen (secondary N) is 1. The molecule has 1 N–H and O–H groups in total. The normalized spacial score (nSPS) is 34.8. The summed E-state index contributed by atoms with van der Waals surface area (Å²) in [5, 5.41) is 4.54. The molecule has 1 saturated carbocycles. The zero-order valence-corrected chi connectivity index (χ0v) is 12.7. The van der Waals surface area contributed by atoms with Crippen LogP contribution in [-0.4, -0.2) is 37.1 Å². The van der Waals surface area contributed by atoms with Gasteiger partial charge in [-0.05, 0) is 55.8 Å². The van der Waals surface area contributed by atoms with Gasteiger partial charge in [-0.2, -0.15) is 0 Å². The van der Waals surface area contributed by atoms with Crippen LogP contribution >= 0.6 is 11.6 Å². The highest BCUT2D eigenvalue weighted by molar-refractivity contribution is 6.31. The molecule has 3 fully saturated rings. The summed E-state index contributed by atoms with van der Waals surface area (Å²) in [5.41, 5.74) is 1.82. The lowest BCUT2D eigenvalue weighted by atomic mass is 9.67. The Hall–Kier alpha value is -0.570. The molecule has 108 valence electrons. The number of hydrogen-bond donors (Lipinski definition) is 1. The second kappa shape index (κ2) is 5.01. The van der Waals surface area contributed by atoms with Gasteiger partial charge in [0.15, 0.2) is 0 Å². The number of hydrogen-bond acceptors (Lipinski definition) is 2. The van der Waals surface area contributed by atoms with Crippen molar-refractivity contribution < 1.29 is 0 Å². The van der Waals surface area contributed by atoms with Gasteiger partial charge in [-0.25, -0.2) is 0 Å². The van der Waals surface area contributed by atoms with E-state index in [2.05, 4.69) is 22.3 Å². The molecule has 20 heavy (non-hydrogen) atoms. The van der Waals surface area contributed by atoms with Crippen molar-refractivity contribution in [3.63, 3.8) is 0 Å². The fourth-order valence-corrected chi connectivity index (χ4v) is 4.61. The van der Waals surface area contributed by atoms with Gasteiger partial charge in [0, 0.05) is 30.1 Å². The second-order valence-electron chi connectivity index (χ2n) is 6.84. The molecule has 0 amide bonds. The van der Waals surface area contributed by atoms with Crippen molar-refractivity contribution >= 4 is 11.6 Å². The van der Waals surface area contributed by atoms with Crippen LogP contribution in [0.2, 0.25) is 5.02 Å². The first kappa shape index (κ1) is 13.1. The van der Waals surface area contributed by atoms with E-state index in [9.17, 15) is 0 Å². The van der Waals surface area contributed by atoms with Crippen LogP contribution in [-0.2, 0) is 0 Å². The van der Waals surface area contributed by atoms with E-state index >= 15 is 0 Å². The molecule has 1 aliphatic carbocycles. The molecule has 4 rings (SSSR count). The lowest BCUT2D eigenvalue weighted by Crippen LogP contribution is -2.45. The van der Waals surface area contributed by atoms with E-state index in [1.165, 1.54) is 50.9 Å². The van der Waals surface area contributed by atoms with Gasteiger partial charge >= 0.3 is 0 Å². The van der Waals surface area contributed by atoms with Crippen molar-refractivity contribution in [1.29, 1.82) is 0 Å². The molecule has 1 aromatic carbocycles. The van der Waals surface area contributed by atoms with Crippen molar-refractivity contribution in [3.05, 3.63) is 34.9 Å². The fraction of sp³-hybridized carbons (Fsp3) is 0.647. The van der Waals surface area contributed by atoms with Crippen molar-refractivity contribution in [2.24, 2.45) is 5.41 Å². The number of piperidine rings is 1. The van der Waals surface area contributed by atoms with Crippen molar-refractivity contribution in [2.75, 3.05) is 26.2 Å². The molecule has 3 heteroatoms. The van der Waals surface area contributed by atoms with Gasteiger partial charge in [0.25, 0.3) is 0 Å². The van der Waals surface area contributed by atoms with Gasteiger partial charge < -0.3 is 5.32 Å². The van der Waals surface area contributed by atoms with Crippen LogP contribution in [0.4, 0.5) is 0 Å². The Labute approximate surface area is 126 Å². The molecule has 2 heterocycles. The second-order valence-corrected chi connectivity index (χ2v) is 7.25. The molecule has 0 radical (unpaired) electrons. The van der Waals surface area contributed by atoms with E-state index in [0.717, 1.165) is 17.6 Å². The molecule has 2 nitrogen and oxygen atoms in total. The first-order chi connectivity index (χ1) is 9.78. The zero-order chi connectivity index (χ0) is 13.6. The highest BCUT2D eigenvalue weighted by Gasteiger charge is 2.49. The predicted octanol–water partition coefficient (Wildman–Crippen LogP) is 3.27. The van der Waals surface area contributed by atoms with Crippen molar-refractivity contribution in [3.8, 4) is 0 Å². The van der Waals surface area contributed by atoms with Crippen LogP contribution in [0.3, 0.4) is 0 Å². The van der Waals surface area contributed by atoms with E-state index in [4.69, 9.17) is 11.6 Å². The third kappa shape index (κ3) is 2.18. The molecule has 2 atom stereocenters. The Morgan fingerprint density at radius 3 is 2.85 bits per heavy atom. The lowest BCUT2D eigenvalue weighted by molar-refractivity contribution is 0.161. The molecule has 2 aliphatic heterocycles. The quantitative estimate of drug-likeness (QED) is 0.899. The molecule has 0 bridgehead atoms. The Morgan fingerprint density at radius 2 is 2.05 bits per heavy atom. The maximum absolute atomic E-state index is 6.49. The van der Waals surface area contributed by atoms with Crippen LogP contribution < -0.4 is 5.32 Å². The average molecular weight is 291 g/mol.